The van der Waals surface area contributed by atoms with Gasteiger partial charge in [-0.05, 0) is 37.2 Å². The molecule has 0 saturated heterocycles. The lowest BCUT2D eigenvalue weighted by atomic mass is 9.84. The molecule has 1 aliphatic carbocycles. The van der Waals surface area contributed by atoms with Crippen molar-refractivity contribution in [1.82, 2.24) is 15.5 Å². The summed E-state index contributed by atoms with van der Waals surface area (Å²) in [6.45, 7) is 3.15. The molecule has 1 amide bonds. The molecule has 0 heterocycles. The Hall–Kier alpha value is -2.04. The van der Waals surface area contributed by atoms with E-state index in [1.54, 1.807) is 19.0 Å². The molecule has 0 aromatic heterocycles. The van der Waals surface area contributed by atoms with Crippen molar-refractivity contribution in [2.45, 2.75) is 51.6 Å². The maximum absolute atomic E-state index is 11.9. The number of amides is 1. The molecule has 0 aliphatic heterocycles. The highest BCUT2D eigenvalue weighted by atomic mass is 16.2. The van der Waals surface area contributed by atoms with Gasteiger partial charge < -0.3 is 15.5 Å². The monoisotopic (exact) mass is 344 g/mol. The fourth-order valence-corrected chi connectivity index (χ4v) is 3.13. The van der Waals surface area contributed by atoms with Crippen molar-refractivity contribution in [2.24, 2.45) is 10.9 Å². The van der Waals surface area contributed by atoms with Gasteiger partial charge in [0.2, 0.25) is 5.91 Å². The number of guanidine groups is 1. The zero-order valence-electron chi connectivity index (χ0n) is 15.8. The molecule has 0 radical (unpaired) electrons. The molecule has 25 heavy (non-hydrogen) atoms. The van der Waals surface area contributed by atoms with Gasteiger partial charge in [0.1, 0.15) is 0 Å². The fourth-order valence-electron chi connectivity index (χ4n) is 3.13. The summed E-state index contributed by atoms with van der Waals surface area (Å²) in [5.74, 6) is 1.65. The van der Waals surface area contributed by atoms with Crippen LogP contribution in [0.25, 0.3) is 0 Å². The van der Waals surface area contributed by atoms with Crippen molar-refractivity contribution in [1.29, 1.82) is 0 Å². The van der Waals surface area contributed by atoms with Crippen LogP contribution in [0.1, 0.15) is 44.6 Å². The highest BCUT2D eigenvalue weighted by Crippen LogP contribution is 2.26. The summed E-state index contributed by atoms with van der Waals surface area (Å²) in [5.41, 5.74) is 1.16. The van der Waals surface area contributed by atoms with Crippen LogP contribution < -0.4 is 10.6 Å². The molecule has 138 valence electrons. The van der Waals surface area contributed by atoms with Gasteiger partial charge in [0.15, 0.2) is 5.96 Å². The predicted molar refractivity (Wildman–Crippen MR) is 103 cm³/mol. The number of nitrogens with zero attached hydrogens (tertiary/aromatic N) is 2. The summed E-state index contributed by atoms with van der Waals surface area (Å²) in [6, 6.07) is 10.6. The van der Waals surface area contributed by atoms with Gasteiger partial charge in [0, 0.05) is 20.1 Å². The minimum atomic E-state index is 0.0453. The minimum Gasteiger partial charge on any atom is -0.354 e. The summed E-state index contributed by atoms with van der Waals surface area (Å²) >= 11 is 0. The SMILES string of the molecule is CCC1CCC(NC(=NCc2ccccc2)NCC(=O)N(C)C)CC1. The van der Waals surface area contributed by atoms with Crippen molar-refractivity contribution in [3.8, 4) is 0 Å². The van der Waals surface area contributed by atoms with Crippen molar-refractivity contribution >= 4 is 11.9 Å². The smallest absolute Gasteiger partial charge is 0.241 e. The van der Waals surface area contributed by atoms with Gasteiger partial charge >= 0.3 is 0 Å². The molecular weight excluding hydrogens is 312 g/mol. The van der Waals surface area contributed by atoms with Crippen LogP contribution in [0.2, 0.25) is 0 Å². The summed E-state index contributed by atoms with van der Waals surface area (Å²) < 4.78 is 0. The average molecular weight is 345 g/mol. The van der Waals surface area contributed by atoms with Gasteiger partial charge in [-0.15, -0.1) is 0 Å². The van der Waals surface area contributed by atoms with E-state index in [9.17, 15) is 4.79 Å². The maximum atomic E-state index is 11.9. The summed E-state index contributed by atoms with van der Waals surface area (Å²) in [5, 5.41) is 6.72. The van der Waals surface area contributed by atoms with E-state index in [0.717, 1.165) is 17.4 Å². The van der Waals surface area contributed by atoms with Crippen molar-refractivity contribution in [2.75, 3.05) is 20.6 Å². The molecule has 1 aromatic rings. The van der Waals surface area contributed by atoms with Gasteiger partial charge in [-0.3, -0.25) is 4.79 Å². The molecule has 1 fully saturated rings. The highest BCUT2D eigenvalue weighted by molar-refractivity contribution is 5.86. The third kappa shape index (κ3) is 6.77. The van der Waals surface area contributed by atoms with Gasteiger partial charge in [-0.2, -0.15) is 0 Å². The third-order valence-corrected chi connectivity index (χ3v) is 4.93. The fraction of sp³-hybridized carbons (Fsp3) is 0.600. The second-order valence-corrected chi connectivity index (χ2v) is 7.06. The highest BCUT2D eigenvalue weighted by Gasteiger charge is 2.20. The molecule has 0 unspecified atom stereocenters. The number of carbonyl (C=O) groups is 1. The first kappa shape index (κ1) is 19.3. The molecule has 0 atom stereocenters. The lowest BCUT2D eigenvalue weighted by Crippen LogP contribution is -2.47. The van der Waals surface area contributed by atoms with Crippen molar-refractivity contribution < 1.29 is 4.79 Å². The molecule has 2 rings (SSSR count). The number of rotatable bonds is 6. The van der Waals surface area contributed by atoms with E-state index in [4.69, 9.17) is 0 Å². The molecule has 1 saturated carbocycles. The van der Waals surface area contributed by atoms with E-state index >= 15 is 0 Å². The predicted octanol–water partition coefficient (Wildman–Crippen LogP) is 2.78. The van der Waals surface area contributed by atoms with Crippen LogP contribution in [-0.2, 0) is 11.3 Å². The Labute approximate surface area is 151 Å². The number of hydrogen-bond donors (Lipinski definition) is 2. The van der Waals surface area contributed by atoms with Gasteiger partial charge in [-0.25, -0.2) is 4.99 Å². The molecule has 1 aliphatic rings. The summed E-state index contributed by atoms with van der Waals surface area (Å²) in [7, 11) is 3.54. The van der Waals surface area contributed by atoms with Crippen LogP contribution in [-0.4, -0.2) is 43.4 Å². The van der Waals surface area contributed by atoms with Crippen LogP contribution in [0, 0.1) is 5.92 Å². The average Bonchev–Trinajstić information content (AvgIpc) is 2.65. The molecule has 0 bridgehead atoms. The van der Waals surface area contributed by atoms with Crippen molar-refractivity contribution in [3.05, 3.63) is 35.9 Å². The molecular formula is C20H32N4O. The van der Waals surface area contributed by atoms with Gasteiger partial charge in [-0.1, -0.05) is 43.7 Å². The number of hydrogen-bond acceptors (Lipinski definition) is 2. The number of aliphatic imine (C=N–C) groups is 1. The Morgan fingerprint density at radius 3 is 2.44 bits per heavy atom. The van der Waals surface area contributed by atoms with E-state index in [-0.39, 0.29) is 12.5 Å². The van der Waals surface area contributed by atoms with Crippen LogP contribution >= 0.6 is 0 Å². The normalized spacial score (nSPS) is 20.8. The minimum absolute atomic E-state index is 0.0453. The topological polar surface area (TPSA) is 56.7 Å². The van der Waals surface area contributed by atoms with E-state index in [0.29, 0.717) is 12.6 Å². The number of likely N-dealkylation sites (N-methyl/N-ethyl adjacent to an activating group) is 1. The molecule has 2 N–H and O–H groups in total. The zero-order valence-corrected chi connectivity index (χ0v) is 15.8. The lowest BCUT2D eigenvalue weighted by Gasteiger charge is -2.29. The Kier molecular flexibility index (Phi) is 7.76. The lowest BCUT2D eigenvalue weighted by molar-refractivity contribution is -0.127. The number of nitrogens with one attached hydrogen (secondary N) is 2. The maximum Gasteiger partial charge on any atom is 0.241 e. The van der Waals surface area contributed by atoms with Crippen molar-refractivity contribution in [3.63, 3.8) is 0 Å². The Balaban J connectivity index is 1.94. The van der Waals surface area contributed by atoms with E-state index in [2.05, 4.69) is 34.7 Å². The van der Waals surface area contributed by atoms with Crippen LogP contribution in [0.3, 0.4) is 0 Å². The van der Waals surface area contributed by atoms with E-state index < -0.39 is 0 Å². The molecule has 1 aromatic carbocycles. The second-order valence-electron chi connectivity index (χ2n) is 7.06. The third-order valence-electron chi connectivity index (χ3n) is 4.93. The molecule has 5 heteroatoms. The molecule has 0 spiro atoms. The summed E-state index contributed by atoms with van der Waals surface area (Å²) in [4.78, 5) is 18.1. The Morgan fingerprint density at radius 2 is 1.84 bits per heavy atom. The quantitative estimate of drug-likeness (QED) is 0.616. The van der Waals surface area contributed by atoms with Gasteiger partial charge in [0.05, 0.1) is 13.1 Å². The van der Waals surface area contributed by atoms with Crippen LogP contribution in [0.4, 0.5) is 0 Å². The standard InChI is InChI=1S/C20H32N4O/c1-4-16-10-12-18(13-11-16)23-20(22-15-19(25)24(2)3)21-14-17-8-6-5-7-9-17/h5-9,16,18H,4,10-15H2,1-3H3,(H2,21,22,23). The first-order chi connectivity index (χ1) is 12.1. The number of carbonyl (C=O) groups excluding carboxylic acids is 1. The zero-order chi connectivity index (χ0) is 18.1. The molecule has 5 nitrogen and oxygen atoms in total. The first-order valence-corrected chi connectivity index (χ1v) is 9.37. The van der Waals surface area contributed by atoms with Crippen LogP contribution in [0.5, 0.6) is 0 Å². The van der Waals surface area contributed by atoms with E-state index in [1.165, 1.54) is 32.1 Å². The first-order valence-electron chi connectivity index (χ1n) is 9.37. The van der Waals surface area contributed by atoms with E-state index in [1.807, 2.05) is 18.2 Å². The van der Waals surface area contributed by atoms with Crippen LogP contribution in [0.15, 0.2) is 35.3 Å². The Bertz CT molecular complexity index is 548. The number of benzene rings is 1. The van der Waals surface area contributed by atoms with Gasteiger partial charge in [0.25, 0.3) is 0 Å². The largest absolute Gasteiger partial charge is 0.354 e. The second kappa shape index (κ2) is 10.1. The Morgan fingerprint density at radius 1 is 1.16 bits per heavy atom. The summed E-state index contributed by atoms with van der Waals surface area (Å²) in [6.07, 6.45) is 6.17.